The van der Waals surface area contributed by atoms with E-state index in [4.69, 9.17) is 21.1 Å². The van der Waals surface area contributed by atoms with Gasteiger partial charge >= 0.3 is 5.97 Å². The predicted molar refractivity (Wildman–Crippen MR) is 103 cm³/mol. The number of hydrogen-bond acceptors (Lipinski definition) is 4. The van der Waals surface area contributed by atoms with Gasteiger partial charge in [-0.15, -0.1) is 0 Å². The van der Waals surface area contributed by atoms with Gasteiger partial charge in [0, 0.05) is 15.6 Å². The summed E-state index contributed by atoms with van der Waals surface area (Å²) in [6.45, 7) is 12.3. The Morgan fingerprint density at radius 1 is 1.36 bits per heavy atom. The van der Waals surface area contributed by atoms with Gasteiger partial charge in [0.15, 0.2) is 0 Å². The van der Waals surface area contributed by atoms with Crippen molar-refractivity contribution in [1.82, 2.24) is 0 Å². The van der Waals surface area contributed by atoms with Crippen molar-refractivity contribution in [1.29, 1.82) is 0 Å². The molecule has 3 rings (SSSR count). The summed E-state index contributed by atoms with van der Waals surface area (Å²) in [5.41, 5.74) is 0.601. The molecule has 0 spiro atoms. The fourth-order valence-corrected chi connectivity index (χ4v) is 4.71. The van der Waals surface area contributed by atoms with E-state index >= 15 is 0 Å². The molecule has 2 heterocycles. The van der Waals surface area contributed by atoms with Gasteiger partial charge in [0.2, 0.25) is 0 Å². The maximum absolute atomic E-state index is 12.9. The summed E-state index contributed by atoms with van der Waals surface area (Å²) in [5.74, 6) is -0.586. The van der Waals surface area contributed by atoms with Crippen molar-refractivity contribution >= 4 is 39.2 Å². The second-order valence-corrected chi connectivity index (χ2v) is 10.0. The average Bonchev–Trinajstić information content (AvgIpc) is 2.79. The number of hydrogen-bond donors (Lipinski definition) is 1. The topological polar surface area (TPSA) is 47.6 Å². The Hall–Kier alpha value is -0.780. The minimum atomic E-state index is -0.530. The fourth-order valence-electron chi connectivity index (χ4n) is 4.20. The molecule has 1 aromatic carbocycles. The van der Waals surface area contributed by atoms with Crippen LogP contribution in [0.2, 0.25) is 5.02 Å². The second-order valence-electron chi connectivity index (χ2n) is 8.74. The number of benzene rings is 1. The maximum Gasteiger partial charge on any atom is 0.312 e. The van der Waals surface area contributed by atoms with Crippen LogP contribution in [0, 0.1) is 5.92 Å². The maximum atomic E-state index is 12.9. The number of ether oxygens (including phenoxy) is 2. The highest BCUT2D eigenvalue weighted by Crippen LogP contribution is 2.54. The van der Waals surface area contributed by atoms with Crippen LogP contribution in [-0.2, 0) is 19.7 Å². The molecule has 0 radical (unpaired) electrons. The Morgan fingerprint density at radius 2 is 2.00 bits per heavy atom. The molecular weight excluding hydrogens is 406 g/mol. The van der Waals surface area contributed by atoms with E-state index in [0.29, 0.717) is 11.6 Å². The summed E-state index contributed by atoms with van der Waals surface area (Å²) in [6, 6.07) is 3.91. The molecule has 4 nitrogen and oxygen atoms in total. The van der Waals surface area contributed by atoms with E-state index in [9.17, 15) is 4.79 Å². The first kappa shape index (κ1) is 19.0. The monoisotopic (exact) mass is 429 g/mol. The molecule has 138 valence electrons. The Balaban J connectivity index is 2.13. The zero-order valence-electron chi connectivity index (χ0n) is 15.5. The van der Waals surface area contributed by atoms with Crippen LogP contribution in [0.15, 0.2) is 16.6 Å². The summed E-state index contributed by atoms with van der Waals surface area (Å²) in [6.07, 6.45) is -0.155. The summed E-state index contributed by atoms with van der Waals surface area (Å²) < 4.78 is 12.6. The SMILES string of the molecule is CC(C)(C)OC(=O)C1COC2C(C)(C)Nc3cc(Cl)c(Br)cc3C12C. The molecule has 0 amide bonds. The van der Waals surface area contributed by atoms with Gasteiger partial charge in [-0.1, -0.05) is 18.5 Å². The quantitative estimate of drug-likeness (QED) is 0.642. The number of rotatable bonds is 1. The number of carbonyl (C=O) groups excluding carboxylic acids is 1. The molecular formula is C19H25BrClNO3. The zero-order chi connectivity index (χ0) is 18.8. The Morgan fingerprint density at radius 3 is 2.60 bits per heavy atom. The first-order valence-corrected chi connectivity index (χ1v) is 9.65. The second kappa shape index (κ2) is 5.86. The molecule has 3 unspecified atom stereocenters. The molecule has 1 N–H and O–H groups in total. The van der Waals surface area contributed by atoms with Crippen molar-refractivity contribution in [2.45, 2.75) is 64.2 Å². The number of carbonyl (C=O) groups is 1. The largest absolute Gasteiger partial charge is 0.460 e. The van der Waals surface area contributed by atoms with E-state index in [1.807, 2.05) is 32.9 Å². The van der Waals surface area contributed by atoms with Crippen molar-refractivity contribution in [2.24, 2.45) is 5.92 Å². The molecule has 0 saturated carbocycles. The van der Waals surface area contributed by atoms with Crippen LogP contribution >= 0.6 is 27.5 Å². The Bertz CT molecular complexity index is 728. The zero-order valence-corrected chi connectivity index (χ0v) is 17.8. The van der Waals surface area contributed by atoms with Crippen molar-refractivity contribution < 1.29 is 14.3 Å². The van der Waals surface area contributed by atoms with Crippen molar-refractivity contribution in [3.63, 3.8) is 0 Å². The first-order chi connectivity index (χ1) is 11.4. The van der Waals surface area contributed by atoms with Crippen LogP contribution in [0.3, 0.4) is 0 Å². The van der Waals surface area contributed by atoms with Crippen LogP contribution in [0.1, 0.15) is 47.1 Å². The summed E-state index contributed by atoms with van der Waals surface area (Å²) >= 11 is 9.82. The van der Waals surface area contributed by atoms with Gasteiger partial charge in [-0.05, 0) is 68.2 Å². The molecule has 1 fully saturated rings. The lowest BCUT2D eigenvalue weighted by molar-refractivity contribution is -0.161. The summed E-state index contributed by atoms with van der Waals surface area (Å²) in [7, 11) is 0. The van der Waals surface area contributed by atoms with Gasteiger partial charge in [0.05, 0.1) is 29.2 Å². The molecule has 3 atom stereocenters. The van der Waals surface area contributed by atoms with E-state index < -0.39 is 11.0 Å². The first-order valence-electron chi connectivity index (χ1n) is 8.48. The molecule has 2 aliphatic heterocycles. The lowest BCUT2D eigenvalue weighted by Crippen LogP contribution is -2.58. The molecule has 2 aliphatic rings. The van der Waals surface area contributed by atoms with Gasteiger partial charge in [-0.25, -0.2) is 0 Å². The van der Waals surface area contributed by atoms with Crippen molar-refractivity contribution in [3.8, 4) is 0 Å². The lowest BCUT2D eigenvalue weighted by Gasteiger charge is -2.49. The van der Waals surface area contributed by atoms with Gasteiger partial charge in [0.25, 0.3) is 0 Å². The van der Waals surface area contributed by atoms with Crippen LogP contribution in [0.4, 0.5) is 5.69 Å². The lowest BCUT2D eigenvalue weighted by atomic mass is 9.62. The molecule has 6 heteroatoms. The fraction of sp³-hybridized carbons (Fsp3) is 0.632. The van der Waals surface area contributed by atoms with E-state index in [-0.39, 0.29) is 23.5 Å². The number of halogens is 2. The summed E-state index contributed by atoms with van der Waals surface area (Å²) in [5, 5.41) is 4.16. The highest BCUT2D eigenvalue weighted by molar-refractivity contribution is 9.10. The average molecular weight is 431 g/mol. The molecule has 0 bridgehead atoms. The Labute approximate surface area is 162 Å². The third-order valence-electron chi connectivity index (χ3n) is 5.14. The summed E-state index contributed by atoms with van der Waals surface area (Å²) in [4.78, 5) is 12.9. The number of anilines is 1. The molecule has 0 aliphatic carbocycles. The van der Waals surface area contributed by atoms with Crippen molar-refractivity contribution in [2.75, 3.05) is 11.9 Å². The van der Waals surface area contributed by atoms with Gasteiger partial charge in [0.1, 0.15) is 5.60 Å². The standard InChI is InChI=1S/C19H25BrClNO3/c1-17(2,3)25-15(23)11-9-24-16-18(4,5)22-14-8-13(21)12(20)7-10(14)19(11,16)6/h7-8,11,16,22H,9H2,1-6H3. The van der Waals surface area contributed by atoms with Crippen LogP contribution in [0.25, 0.3) is 0 Å². The van der Waals surface area contributed by atoms with Gasteiger partial charge in [-0.3, -0.25) is 4.79 Å². The third-order valence-corrected chi connectivity index (χ3v) is 6.34. The Kier molecular flexibility index (Phi) is 4.45. The molecule has 1 saturated heterocycles. The van der Waals surface area contributed by atoms with Crippen LogP contribution in [-0.4, -0.2) is 29.8 Å². The molecule has 1 aromatic rings. The van der Waals surface area contributed by atoms with Crippen LogP contribution < -0.4 is 5.32 Å². The van der Waals surface area contributed by atoms with E-state index in [1.54, 1.807) is 0 Å². The minimum Gasteiger partial charge on any atom is -0.460 e. The normalized spacial score (nSPS) is 30.2. The van der Waals surface area contributed by atoms with E-state index in [2.05, 4.69) is 42.0 Å². The number of nitrogens with one attached hydrogen (secondary N) is 1. The number of fused-ring (bicyclic) bond motifs is 3. The third kappa shape index (κ3) is 3.08. The molecule has 25 heavy (non-hydrogen) atoms. The van der Waals surface area contributed by atoms with Gasteiger partial charge < -0.3 is 14.8 Å². The van der Waals surface area contributed by atoms with E-state index in [0.717, 1.165) is 15.7 Å². The molecule has 0 aromatic heterocycles. The highest BCUT2D eigenvalue weighted by Gasteiger charge is 2.61. The van der Waals surface area contributed by atoms with Crippen molar-refractivity contribution in [3.05, 3.63) is 27.2 Å². The number of esters is 1. The predicted octanol–water partition coefficient (Wildman–Crippen LogP) is 4.92. The van der Waals surface area contributed by atoms with E-state index in [1.165, 1.54) is 0 Å². The minimum absolute atomic E-state index is 0.155. The van der Waals surface area contributed by atoms with Crippen LogP contribution in [0.5, 0.6) is 0 Å². The highest BCUT2D eigenvalue weighted by atomic mass is 79.9. The van der Waals surface area contributed by atoms with Gasteiger partial charge in [-0.2, -0.15) is 0 Å². The smallest absolute Gasteiger partial charge is 0.312 e.